The second-order valence-corrected chi connectivity index (χ2v) is 6.78. The van der Waals surface area contributed by atoms with Gasteiger partial charge in [0.2, 0.25) is 5.95 Å². The van der Waals surface area contributed by atoms with Gasteiger partial charge in [0.05, 0.1) is 11.6 Å². The lowest BCUT2D eigenvalue weighted by atomic mass is 10.2. The summed E-state index contributed by atoms with van der Waals surface area (Å²) in [6.45, 7) is 2.18. The highest BCUT2D eigenvalue weighted by molar-refractivity contribution is 6.31. The Labute approximate surface area is 157 Å². The summed E-state index contributed by atoms with van der Waals surface area (Å²) in [6, 6.07) is 15.8. The maximum absolute atomic E-state index is 6.23. The van der Waals surface area contributed by atoms with E-state index in [9.17, 15) is 0 Å². The Morgan fingerprint density at radius 1 is 1.04 bits per heavy atom. The molecule has 26 heavy (non-hydrogen) atoms. The zero-order valence-corrected chi connectivity index (χ0v) is 15.2. The first-order chi connectivity index (χ1) is 12.8. The van der Waals surface area contributed by atoms with Crippen molar-refractivity contribution in [1.82, 2.24) is 9.97 Å². The highest BCUT2D eigenvalue weighted by atomic mass is 35.5. The van der Waals surface area contributed by atoms with Crippen molar-refractivity contribution < 1.29 is 4.74 Å². The standard InChI is InChI=1S/C20H21ClN4O/c21-17-9-3-1-6-14(17)12-23-20-24-18-10-4-2-8-16(18)19(25-20)22-13-15-7-5-11-26-15/h1-4,6,8-10,15H,5,7,11-13H2,(H2,22,23,24,25). The molecular weight excluding hydrogens is 348 g/mol. The third kappa shape index (κ3) is 3.89. The molecule has 1 aliphatic rings. The van der Waals surface area contributed by atoms with E-state index in [1.807, 2.05) is 48.5 Å². The van der Waals surface area contributed by atoms with Gasteiger partial charge in [0.25, 0.3) is 0 Å². The maximum atomic E-state index is 6.23. The van der Waals surface area contributed by atoms with Gasteiger partial charge >= 0.3 is 0 Å². The van der Waals surface area contributed by atoms with E-state index < -0.39 is 0 Å². The van der Waals surface area contributed by atoms with Crippen LogP contribution in [0.2, 0.25) is 5.02 Å². The van der Waals surface area contributed by atoms with Crippen LogP contribution in [-0.2, 0) is 11.3 Å². The molecule has 0 aliphatic carbocycles. The third-order valence-electron chi connectivity index (χ3n) is 4.52. The number of hydrogen-bond acceptors (Lipinski definition) is 5. The van der Waals surface area contributed by atoms with E-state index in [-0.39, 0.29) is 6.10 Å². The van der Waals surface area contributed by atoms with Crippen molar-refractivity contribution in [3.8, 4) is 0 Å². The third-order valence-corrected chi connectivity index (χ3v) is 4.89. The lowest BCUT2D eigenvalue weighted by Gasteiger charge is -2.14. The molecule has 0 saturated carbocycles. The van der Waals surface area contributed by atoms with Gasteiger partial charge in [-0.15, -0.1) is 0 Å². The highest BCUT2D eigenvalue weighted by Gasteiger charge is 2.16. The summed E-state index contributed by atoms with van der Waals surface area (Å²) >= 11 is 6.23. The summed E-state index contributed by atoms with van der Waals surface area (Å²) in [5, 5.41) is 8.46. The van der Waals surface area contributed by atoms with Crippen molar-refractivity contribution in [2.75, 3.05) is 23.8 Å². The first-order valence-corrected chi connectivity index (χ1v) is 9.27. The Kier molecular flexibility index (Phi) is 5.18. The normalized spacial score (nSPS) is 16.7. The zero-order chi connectivity index (χ0) is 17.8. The van der Waals surface area contributed by atoms with E-state index in [1.54, 1.807) is 0 Å². The molecular formula is C20H21ClN4O. The fourth-order valence-corrected chi connectivity index (χ4v) is 3.32. The minimum Gasteiger partial charge on any atom is -0.376 e. The molecule has 1 fully saturated rings. The summed E-state index contributed by atoms with van der Waals surface area (Å²) in [5.74, 6) is 1.41. The van der Waals surface area contributed by atoms with Crippen molar-refractivity contribution in [2.45, 2.75) is 25.5 Å². The van der Waals surface area contributed by atoms with Crippen LogP contribution in [0.3, 0.4) is 0 Å². The van der Waals surface area contributed by atoms with E-state index in [2.05, 4.69) is 20.6 Å². The van der Waals surface area contributed by atoms with Gasteiger partial charge in [0.15, 0.2) is 0 Å². The molecule has 1 unspecified atom stereocenters. The summed E-state index contributed by atoms with van der Waals surface area (Å²) in [4.78, 5) is 9.30. The Balaban J connectivity index is 1.55. The Morgan fingerprint density at radius 2 is 1.88 bits per heavy atom. The van der Waals surface area contributed by atoms with Gasteiger partial charge < -0.3 is 15.4 Å². The molecule has 1 saturated heterocycles. The van der Waals surface area contributed by atoms with Crippen LogP contribution >= 0.6 is 11.6 Å². The molecule has 134 valence electrons. The molecule has 0 spiro atoms. The van der Waals surface area contributed by atoms with Crippen LogP contribution in [0, 0.1) is 0 Å². The summed E-state index contributed by atoms with van der Waals surface area (Å²) in [5.41, 5.74) is 1.92. The fraction of sp³-hybridized carbons (Fsp3) is 0.300. The van der Waals surface area contributed by atoms with Crippen LogP contribution in [0.4, 0.5) is 11.8 Å². The topological polar surface area (TPSA) is 59.1 Å². The molecule has 1 atom stereocenters. The van der Waals surface area contributed by atoms with E-state index in [4.69, 9.17) is 16.3 Å². The number of aromatic nitrogens is 2. The molecule has 2 aromatic carbocycles. The SMILES string of the molecule is Clc1ccccc1CNc1nc(NCC2CCCO2)c2ccccc2n1. The first-order valence-electron chi connectivity index (χ1n) is 8.89. The second-order valence-electron chi connectivity index (χ2n) is 6.37. The summed E-state index contributed by atoms with van der Waals surface area (Å²) in [6.07, 6.45) is 2.47. The van der Waals surface area contributed by atoms with Gasteiger partial charge in [0.1, 0.15) is 5.82 Å². The number of hydrogen-bond donors (Lipinski definition) is 2. The number of para-hydroxylation sites is 1. The van der Waals surface area contributed by atoms with Crippen molar-refractivity contribution in [3.05, 3.63) is 59.1 Å². The van der Waals surface area contributed by atoms with Crippen molar-refractivity contribution >= 4 is 34.3 Å². The van der Waals surface area contributed by atoms with Crippen LogP contribution < -0.4 is 10.6 Å². The van der Waals surface area contributed by atoms with E-state index in [1.165, 1.54) is 0 Å². The highest BCUT2D eigenvalue weighted by Crippen LogP contribution is 2.23. The molecule has 1 aromatic heterocycles. The minimum absolute atomic E-state index is 0.253. The number of ether oxygens (including phenoxy) is 1. The Bertz CT molecular complexity index is 896. The number of fused-ring (bicyclic) bond motifs is 1. The molecule has 2 heterocycles. The van der Waals surface area contributed by atoms with Crippen LogP contribution in [0.5, 0.6) is 0 Å². The molecule has 5 nitrogen and oxygen atoms in total. The molecule has 2 N–H and O–H groups in total. The number of anilines is 2. The van der Waals surface area contributed by atoms with Gasteiger partial charge in [-0.05, 0) is 36.6 Å². The second kappa shape index (κ2) is 7.89. The Morgan fingerprint density at radius 3 is 2.73 bits per heavy atom. The van der Waals surface area contributed by atoms with Crippen LogP contribution in [0.15, 0.2) is 48.5 Å². The van der Waals surface area contributed by atoms with Crippen LogP contribution in [0.1, 0.15) is 18.4 Å². The minimum atomic E-state index is 0.253. The van der Waals surface area contributed by atoms with E-state index >= 15 is 0 Å². The number of benzene rings is 2. The summed E-state index contributed by atoms with van der Waals surface area (Å²) < 4.78 is 5.70. The molecule has 0 bridgehead atoms. The average molecular weight is 369 g/mol. The summed E-state index contributed by atoms with van der Waals surface area (Å²) in [7, 11) is 0. The Hall–Kier alpha value is -2.37. The largest absolute Gasteiger partial charge is 0.376 e. The maximum Gasteiger partial charge on any atom is 0.225 e. The predicted octanol–water partition coefficient (Wildman–Crippen LogP) is 4.49. The number of halogens is 1. The van der Waals surface area contributed by atoms with Gasteiger partial charge in [0, 0.05) is 30.1 Å². The number of nitrogens with one attached hydrogen (secondary N) is 2. The van der Waals surface area contributed by atoms with E-state index in [0.29, 0.717) is 12.5 Å². The lowest BCUT2D eigenvalue weighted by molar-refractivity contribution is 0.120. The van der Waals surface area contributed by atoms with E-state index in [0.717, 1.165) is 53.3 Å². The molecule has 0 radical (unpaired) electrons. The van der Waals surface area contributed by atoms with Crippen molar-refractivity contribution in [3.63, 3.8) is 0 Å². The monoisotopic (exact) mass is 368 g/mol. The fourth-order valence-electron chi connectivity index (χ4n) is 3.12. The predicted molar refractivity (Wildman–Crippen MR) is 106 cm³/mol. The average Bonchev–Trinajstić information content (AvgIpc) is 3.19. The smallest absolute Gasteiger partial charge is 0.225 e. The lowest BCUT2D eigenvalue weighted by Crippen LogP contribution is -2.19. The van der Waals surface area contributed by atoms with Crippen LogP contribution in [0.25, 0.3) is 10.9 Å². The number of rotatable bonds is 6. The number of nitrogens with zero attached hydrogens (tertiary/aromatic N) is 2. The zero-order valence-electron chi connectivity index (χ0n) is 14.4. The molecule has 6 heteroatoms. The van der Waals surface area contributed by atoms with Gasteiger partial charge in [-0.25, -0.2) is 4.98 Å². The molecule has 1 aliphatic heterocycles. The molecule has 3 aromatic rings. The first kappa shape index (κ1) is 17.1. The van der Waals surface area contributed by atoms with Gasteiger partial charge in [-0.3, -0.25) is 0 Å². The van der Waals surface area contributed by atoms with Gasteiger partial charge in [-0.2, -0.15) is 4.98 Å². The van der Waals surface area contributed by atoms with Crippen LogP contribution in [-0.4, -0.2) is 29.2 Å². The molecule has 0 amide bonds. The van der Waals surface area contributed by atoms with Crippen molar-refractivity contribution in [2.24, 2.45) is 0 Å². The quantitative estimate of drug-likeness (QED) is 0.671. The van der Waals surface area contributed by atoms with Gasteiger partial charge in [-0.1, -0.05) is 41.9 Å². The molecule has 4 rings (SSSR count). The van der Waals surface area contributed by atoms with Crippen molar-refractivity contribution in [1.29, 1.82) is 0 Å².